The highest BCUT2D eigenvalue weighted by Gasteiger charge is 2.29. The minimum Gasteiger partial charge on any atom is -0.387 e. The van der Waals surface area contributed by atoms with E-state index in [1.54, 1.807) is 6.92 Å². The van der Waals surface area contributed by atoms with Crippen molar-refractivity contribution in [3.05, 3.63) is 35.4 Å². The first-order valence-corrected chi connectivity index (χ1v) is 8.17. The summed E-state index contributed by atoms with van der Waals surface area (Å²) in [5.74, 6) is 0.271. The van der Waals surface area contributed by atoms with Crippen LogP contribution in [0, 0.1) is 0 Å². The van der Waals surface area contributed by atoms with E-state index in [0.717, 1.165) is 12.1 Å². The fourth-order valence-corrected chi connectivity index (χ4v) is 2.58. The molecule has 1 atom stereocenters. The molecule has 0 aliphatic carbocycles. The highest BCUT2D eigenvalue weighted by Crippen LogP contribution is 2.29. The summed E-state index contributed by atoms with van der Waals surface area (Å²) in [7, 11) is 0. The van der Waals surface area contributed by atoms with E-state index < -0.39 is 17.3 Å². The lowest BCUT2D eigenvalue weighted by molar-refractivity contribution is -0.137. The maximum absolute atomic E-state index is 12.4. The second kappa shape index (κ2) is 7.87. The van der Waals surface area contributed by atoms with Crippen LogP contribution in [-0.2, 0) is 17.4 Å². The molecular formula is C15H20F3NO2S. The van der Waals surface area contributed by atoms with Crippen molar-refractivity contribution in [2.75, 3.05) is 18.6 Å². The first kappa shape index (κ1) is 18.8. The molecule has 3 nitrogen and oxygen atoms in total. The largest absolute Gasteiger partial charge is 0.416 e. The van der Waals surface area contributed by atoms with Crippen LogP contribution in [-0.4, -0.2) is 35.2 Å². The molecule has 0 aromatic heterocycles. The molecule has 1 aromatic rings. The summed E-state index contributed by atoms with van der Waals surface area (Å²) >= 11 is 1.48. The van der Waals surface area contributed by atoms with Crippen LogP contribution < -0.4 is 5.32 Å². The molecule has 0 fully saturated rings. The first-order valence-electron chi connectivity index (χ1n) is 6.78. The average molecular weight is 335 g/mol. The Balaban J connectivity index is 2.41. The predicted molar refractivity (Wildman–Crippen MR) is 81.8 cm³/mol. The second-order valence-corrected chi connectivity index (χ2v) is 6.27. The van der Waals surface area contributed by atoms with E-state index in [1.165, 1.54) is 23.9 Å². The van der Waals surface area contributed by atoms with Gasteiger partial charge in [-0.2, -0.15) is 24.9 Å². The minimum absolute atomic E-state index is 0.152. The van der Waals surface area contributed by atoms with Crippen LogP contribution in [0.3, 0.4) is 0 Å². The van der Waals surface area contributed by atoms with Crippen molar-refractivity contribution in [2.45, 2.75) is 31.5 Å². The number of aryl methyl sites for hydroxylation is 1. The van der Waals surface area contributed by atoms with Crippen LogP contribution in [0.15, 0.2) is 24.3 Å². The summed E-state index contributed by atoms with van der Waals surface area (Å²) in [6, 6.07) is 4.77. The van der Waals surface area contributed by atoms with Gasteiger partial charge in [0.1, 0.15) is 0 Å². The van der Waals surface area contributed by atoms with E-state index in [-0.39, 0.29) is 18.9 Å². The molecule has 1 amide bonds. The van der Waals surface area contributed by atoms with E-state index in [9.17, 15) is 23.1 Å². The number of alkyl halides is 3. The lowest BCUT2D eigenvalue weighted by Gasteiger charge is -2.22. The molecule has 0 unspecified atom stereocenters. The first-order chi connectivity index (χ1) is 10.1. The molecule has 1 aromatic carbocycles. The van der Waals surface area contributed by atoms with E-state index in [1.807, 2.05) is 6.26 Å². The van der Waals surface area contributed by atoms with Crippen molar-refractivity contribution in [1.29, 1.82) is 0 Å². The van der Waals surface area contributed by atoms with Gasteiger partial charge in [-0.1, -0.05) is 12.1 Å². The maximum Gasteiger partial charge on any atom is 0.416 e. The molecule has 22 heavy (non-hydrogen) atoms. The van der Waals surface area contributed by atoms with Gasteiger partial charge in [0, 0.05) is 18.7 Å². The third kappa shape index (κ3) is 6.70. The molecule has 0 saturated heterocycles. The van der Waals surface area contributed by atoms with Crippen LogP contribution in [0.1, 0.15) is 24.5 Å². The Labute approximate surface area is 132 Å². The monoisotopic (exact) mass is 335 g/mol. The van der Waals surface area contributed by atoms with Gasteiger partial charge in [-0.05, 0) is 37.3 Å². The Morgan fingerprint density at radius 1 is 1.27 bits per heavy atom. The molecule has 0 bridgehead atoms. The van der Waals surface area contributed by atoms with E-state index in [0.29, 0.717) is 17.7 Å². The normalized spacial score (nSPS) is 14.5. The Morgan fingerprint density at radius 3 is 2.36 bits per heavy atom. The molecule has 0 saturated carbocycles. The Hall–Kier alpha value is -1.21. The number of aliphatic hydroxyl groups is 1. The zero-order chi connectivity index (χ0) is 16.8. The third-order valence-electron chi connectivity index (χ3n) is 3.04. The number of halogens is 3. The van der Waals surface area contributed by atoms with Crippen LogP contribution in [0.25, 0.3) is 0 Å². The van der Waals surface area contributed by atoms with E-state index >= 15 is 0 Å². The fourth-order valence-electron chi connectivity index (χ4n) is 1.86. The lowest BCUT2D eigenvalue weighted by Crippen LogP contribution is -2.42. The summed E-state index contributed by atoms with van der Waals surface area (Å²) in [5, 5.41) is 12.5. The molecule has 0 radical (unpaired) electrons. The molecule has 2 N–H and O–H groups in total. The maximum atomic E-state index is 12.4. The number of rotatable bonds is 7. The van der Waals surface area contributed by atoms with Crippen molar-refractivity contribution < 1.29 is 23.1 Å². The van der Waals surface area contributed by atoms with Gasteiger partial charge in [0.05, 0.1) is 11.2 Å². The SMILES string of the molecule is CSC[C@](C)(O)CNC(=O)CCc1ccc(C(F)(F)F)cc1. The summed E-state index contributed by atoms with van der Waals surface area (Å²) < 4.78 is 37.3. The smallest absolute Gasteiger partial charge is 0.387 e. The van der Waals surface area contributed by atoms with Gasteiger partial charge < -0.3 is 10.4 Å². The van der Waals surface area contributed by atoms with Crippen LogP contribution >= 0.6 is 11.8 Å². The number of amides is 1. The van der Waals surface area contributed by atoms with Crippen LogP contribution in [0.4, 0.5) is 13.2 Å². The zero-order valence-corrected chi connectivity index (χ0v) is 13.4. The van der Waals surface area contributed by atoms with Gasteiger partial charge in [-0.25, -0.2) is 0 Å². The summed E-state index contributed by atoms with van der Waals surface area (Å²) in [6.07, 6.45) is -1.96. The summed E-state index contributed by atoms with van der Waals surface area (Å²) in [5.41, 5.74) is -1.00. The number of carbonyl (C=O) groups excluding carboxylic acids is 1. The van der Waals surface area contributed by atoms with Gasteiger partial charge >= 0.3 is 6.18 Å². The van der Waals surface area contributed by atoms with E-state index in [4.69, 9.17) is 0 Å². The number of nitrogens with one attached hydrogen (secondary N) is 1. The van der Waals surface area contributed by atoms with Crippen molar-refractivity contribution in [1.82, 2.24) is 5.32 Å². The highest BCUT2D eigenvalue weighted by atomic mass is 32.2. The molecule has 0 spiro atoms. The minimum atomic E-state index is -4.35. The number of hydrogen-bond donors (Lipinski definition) is 2. The quantitative estimate of drug-likeness (QED) is 0.806. The summed E-state index contributed by atoms with van der Waals surface area (Å²) in [4.78, 5) is 11.7. The second-order valence-electron chi connectivity index (χ2n) is 5.40. The molecule has 124 valence electrons. The number of benzene rings is 1. The molecular weight excluding hydrogens is 315 g/mol. The van der Waals surface area contributed by atoms with Crippen LogP contribution in [0.2, 0.25) is 0 Å². The van der Waals surface area contributed by atoms with Crippen molar-refractivity contribution >= 4 is 17.7 Å². The number of hydrogen-bond acceptors (Lipinski definition) is 3. The average Bonchev–Trinajstić information content (AvgIpc) is 2.42. The lowest BCUT2D eigenvalue weighted by atomic mass is 10.1. The predicted octanol–water partition coefficient (Wildman–Crippen LogP) is 2.87. The molecule has 1 rings (SSSR count). The van der Waals surface area contributed by atoms with E-state index in [2.05, 4.69) is 5.32 Å². The number of thioether (sulfide) groups is 1. The van der Waals surface area contributed by atoms with Crippen molar-refractivity contribution in [2.24, 2.45) is 0 Å². The summed E-state index contributed by atoms with van der Waals surface area (Å²) in [6.45, 7) is 1.79. The van der Waals surface area contributed by atoms with Crippen LogP contribution in [0.5, 0.6) is 0 Å². The number of carbonyl (C=O) groups is 1. The Kier molecular flexibility index (Phi) is 6.74. The highest BCUT2D eigenvalue weighted by molar-refractivity contribution is 7.98. The van der Waals surface area contributed by atoms with Crippen molar-refractivity contribution in [3.63, 3.8) is 0 Å². The van der Waals surface area contributed by atoms with Gasteiger partial charge in [-0.3, -0.25) is 4.79 Å². The molecule has 0 aliphatic rings. The standard InChI is InChI=1S/C15H20F3NO2S/c1-14(21,10-22-2)9-19-13(20)8-5-11-3-6-12(7-4-11)15(16,17)18/h3-4,6-7,21H,5,8-10H2,1-2H3,(H,19,20)/t14-/m1/s1. The molecule has 0 aliphatic heterocycles. The van der Waals surface area contributed by atoms with Gasteiger partial charge in [0.25, 0.3) is 0 Å². The van der Waals surface area contributed by atoms with Crippen molar-refractivity contribution in [3.8, 4) is 0 Å². The van der Waals surface area contributed by atoms with Gasteiger partial charge in [-0.15, -0.1) is 0 Å². The van der Waals surface area contributed by atoms with Gasteiger partial charge in [0.2, 0.25) is 5.91 Å². The van der Waals surface area contributed by atoms with Gasteiger partial charge in [0.15, 0.2) is 0 Å². The third-order valence-corrected chi connectivity index (χ3v) is 3.95. The molecule has 0 heterocycles. The zero-order valence-electron chi connectivity index (χ0n) is 12.5. The topological polar surface area (TPSA) is 49.3 Å². The Morgan fingerprint density at radius 2 is 1.86 bits per heavy atom. The Bertz CT molecular complexity index is 487. The molecule has 7 heteroatoms. The fraction of sp³-hybridized carbons (Fsp3) is 0.533.